The number of rotatable bonds is 4. The van der Waals surface area contributed by atoms with Crippen molar-refractivity contribution in [3.63, 3.8) is 0 Å². The second kappa shape index (κ2) is 8.33. The molecule has 0 amide bonds. The second-order valence-electron chi connectivity index (χ2n) is 8.69. The standard InChI is InChI=1S/C20H22ClF3N6O3S/c1-10-7-13(21)15(34(32,33)29-11-3-5-19(2,31)6-4-11)8-12(10)14-9-30-17(25)27-16(20(22,23)24)28-18(30)26-14/h7-9,11,29,31H,3-6H2,1-2H3,(H2,25,26,27,28). The minimum Gasteiger partial charge on any atom is -0.390 e. The van der Waals surface area contributed by atoms with Gasteiger partial charge in [-0.3, -0.25) is 4.40 Å². The molecule has 1 saturated carbocycles. The summed E-state index contributed by atoms with van der Waals surface area (Å²) in [5.41, 5.74) is 5.86. The number of benzene rings is 1. The summed E-state index contributed by atoms with van der Waals surface area (Å²) in [6.45, 7) is 3.37. The Kier molecular flexibility index (Phi) is 6.03. The molecule has 0 radical (unpaired) electrons. The Hall–Kier alpha value is -2.48. The summed E-state index contributed by atoms with van der Waals surface area (Å²) in [5, 5.41) is 10.1. The van der Waals surface area contributed by atoms with Crippen LogP contribution in [0.3, 0.4) is 0 Å². The van der Waals surface area contributed by atoms with Crippen LogP contribution in [0, 0.1) is 6.92 Å². The van der Waals surface area contributed by atoms with Gasteiger partial charge in [-0.25, -0.2) is 18.1 Å². The highest BCUT2D eigenvalue weighted by Gasteiger charge is 2.36. The molecule has 14 heteroatoms. The first-order valence-corrected chi connectivity index (χ1v) is 12.2. The number of hydrogen-bond donors (Lipinski definition) is 3. The zero-order valence-corrected chi connectivity index (χ0v) is 19.8. The SMILES string of the molecule is Cc1cc(Cl)c(S(=O)(=O)NC2CCC(C)(O)CC2)cc1-c1cn2c(N)nc(C(F)(F)F)nc2n1. The van der Waals surface area contributed by atoms with E-state index in [4.69, 9.17) is 17.3 Å². The monoisotopic (exact) mass is 518 g/mol. The van der Waals surface area contributed by atoms with Gasteiger partial charge in [0.1, 0.15) is 4.90 Å². The van der Waals surface area contributed by atoms with E-state index in [1.807, 2.05) is 0 Å². The third-order valence-electron chi connectivity index (χ3n) is 5.84. The lowest BCUT2D eigenvalue weighted by molar-refractivity contribution is -0.144. The molecule has 3 aromatic rings. The molecule has 9 nitrogen and oxygen atoms in total. The van der Waals surface area contributed by atoms with Gasteiger partial charge in [-0.2, -0.15) is 23.1 Å². The number of nitrogens with two attached hydrogens (primary N) is 1. The fraction of sp³-hybridized carbons (Fsp3) is 0.450. The van der Waals surface area contributed by atoms with E-state index in [-0.39, 0.29) is 27.4 Å². The number of hydrogen-bond acceptors (Lipinski definition) is 7. The molecule has 184 valence electrons. The van der Waals surface area contributed by atoms with Crippen LogP contribution in [-0.2, 0) is 16.2 Å². The van der Waals surface area contributed by atoms with Gasteiger partial charge in [0.15, 0.2) is 0 Å². The smallest absolute Gasteiger partial charge is 0.390 e. The van der Waals surface area contributed by atoms with Crippen molar-refractivity contribution < 1.29 is 26.7 Å². The molecule has 2 heterocycles. The molecule has 1 aliphatic rings. The third kappa shape index (κ3) is 4.83. The van der Waals surface area contributed by atoms with Crippen LogP contribution in [0.4, 0.5) is 19.1 Å². The molecule has 4 rings (SSSR count). The zero-order valence-electron chi connectivity index (χ0n) is 18.2. The van der Waals surface area contributed by atoms with E-state index < -0.39 is 33.6 Å². The molecule has 0 bridgehead atoms. The average Bonchev–Trinajstić information content (AvgIpc) is 3.13. The lowest BCUT2D eigenvalue weighted by atomic mass is 9.84. The number of sulfonamides is 1. The van der Waals surface area contributed by atoms with Crippen molar-refractivity contribution in [1.82, 2.24) is 24.1 Å². The third-order valence-corrected chi connectivity index (χ3v) is 7.83. The van der Waals surface area contributed by atoms with Crippen molar-refractivity contribution in [3.05, 3.63) is 34.7 Å². The van der Waals surface area contributed by atoms with E-state index in [2.05, 4.69) is 19.7 Å². The van der Waals surface area contributed by atoms with Crippen LogP contribution in [0.2, 0.25) is 5.02 Å². The summed E-state index contributed by atoms with van der Waals surface area (Å²) in [7, 11) is -4.04. The number of anilines is 1. The Morgan fingerprint density at radius 1 is 1.24 bits per heavy atom. The summed E-state index contributed by atoms with van der Waals surface area (Å²) in [6, 6.07) is 2.39. The largest absolute Gasteiger partial charge is 0.451 e. The molecular weight excluding hydrogens is 497 g/mol. The number of imidazole rings is 1. The first kappa shape index (κ1) is 24.6. The molecule has 4 N–H and O–H groups in total. The number of fused-ring (bicyclic) bond motifs is 1. The number of alkyl halides is 3. The Labute approximate surface area is 198 Å². The van der Waals surface area contributed by atoms with Crippen molar-refractivity contribution in [2.45, 2.75) is 62.2 Å². The van der Waals surface area contributed by atoms with Crippen molar-refractivity contribution >= 4 is 33.4 Å². The van der Waals surface area contributed by atoms with Gasteiger partial charge in [0.25, 0.3) is 0 Å². The van der Waals surface area contributed by atoms with E-state index in [0.29, 0.717) is 36.8 Å². The Balaban J connectivity index is 1.72. The summed E-state index contributed by atoms with van der Waals surface area (Å²) in [5.74, 6) is -2.23. The maximum atomic E-state index is 13.1. The predicted octanol–water partition coefficient (Wildman–Crippen LogP) is 3.33. The van der Waals surface area contributed by atoms with Gasteiger partial charge in [-0.1, -0.05) is 11.6 Å². The van der Waals surface area contributed by atoms with Crippen LogP contribution in [-0.4, -0.2) is 44.5 Å². The van der Waals surface area contributed by atoms with Crippen LogP contribution < -0.4 is 10.5 Å². The van der Waals surface area contributed by atoms with Crippen LogP contribution in [0.1, 0.15) is 44.0 Å². The van der Waals surface area contributed by atoms with Crippen molar-refractivity contribution in [2.75, 3.05) is 5.73 Å². The summed E-state index contributed by atoms with van der Waals surface area (Å²) < 4.78 is 69.0. The van der Waals surface area contributed by atoms with Crippen LogP contribution in [0.5, 0.6) is 0 Å². The fourth-order valence-corrected chi connectivity index (χ4v) is 5.84. The first-order valence-electron chi connectivity index (χ1n) is 10.3. The zero-order chi connectivity index (χ0) is 25.1. The number of aliphatic hydroxyl groups is 1. The van der Waals surface area contributed by atoms with Crippen molar-refractivity contribution in [2.24, 2.45) is 0 Å². The number of nitrogens with one attached hydrogen (secondary N) is 1. The van der Waals surface area contributed by atoms with Gasteiger partial charge >= 0.3 is 6.18 Å². The first-order chi connectivity index (χ1) is 15.7. The van der Waals surface area contributed by atoms with Crippen LogP contribution in [0.25, 0.3) is 17.0 Å². The quantitative estimate of drug-likeness (QED) is 0.482. The molecule has 2 aromatic heterocycles. The molecular formula is C20H22ClF3N6O3S. The van der Waals surface area contributed by atoms with E-state index in [0.717, 1.165) is 4.40 Å². The molecule has 1 aliphatic carbocycles. The van der Waals surface area contributed by atoms with Gasteiger partial charge < -0.3 is 10.8 Å². The van der Waals surface area contributed by atoms with Gasteiger partial charge in [0, 0.05) is 17.8 Å². The minimum absolute atomic E-state index is 0.0148. The van der Waals surface area contributed by atoms with Gasteiger partial charge in [0.05, 0.1) is 16.3 Å². The summed E-state index contributed by atoms with van der Waals surface area (Å²) in [4.78, 5) is 10.6. The van der Waals surface area contributed by atoms with E-state index in [1.54, 1.807) is 13.8 Å². The number of nitrogens with zero attached hydrogens (tertiary/aromatic N) is 4. The normalized spacial score (nSPS) is 21.8. The molecule has 1 aromatic carbocycles. The molecule has 0 unspecified atom stereocenters. The number of aryl methyl sites for hydroxylation is 1. The number of nitrogen functional groups attached to an aromatic ring is 1. The number of aromatic nitrogens is 4. The van der Waals surface area contributed by atoms with E-state index in [9.17, 15) is 26.7 Å². The Morgan fingerprint density at radius 2 is 1.88 bits per heavy atom. The maximum Gasteiger partial charge on any atom is 0.451 e. The van der Waals surface area contributed by atoms with Gasteiger partial charge in [-0.15, -0.1) is 0 Å². The fourth-order valence-electron chi connectivity index (χ4n) is 3.93. The van der Waals surface area contributed by atoms with Gasteiger partial charge in [-0.05, 0) is 57.2 Å². The Morgan fingerprint density at radius 3 is 2.50 bits per heavy atom. The van der Waals surface area contributed by atoms with E-state index >= 15 is 0 Å². The minimum atomic E-state index is -4.81. The van der Waals surface area contributed by atoms with E-state index in [1.165, 1.54) is 18.3 Å². The molecule has 0 spiro atoms. The number of halogens is 4. The molecule has 0 saturated heterocycles. The van der Waals surface area contributed by atoms with Crippen LogP contribution in [0.15, 0.2) is 23.2 Å². The lowest BCUT2D eigenvalue weighted by Gasteiger charge is -2.33. The van der Waals surface area contributed by atoms with Crippen molar-refractivity contribution in [1.29, 1.82) is 0 Å². The highest BCUT2D eigenvalue weighted by atomic mass is 35.5. The summed E-state index contributed by atoms with van der Waals surface area (Å²) in [6.07, 6.45) is -1.64. The summed E-state index contributed by atoms with van der Waals surface area (Å²) >= 11 is 6.26. The van der Waals surface area contributed by atoms with Gasteiger partial charge in [0.2, 0.25) is 27.6 Å². The molecule has 1 fully saturated rings. The van der Waals surface area contributed by atoms with Crippen molar-refractivity contribution in [3.8, 4) is 11.3 Å². The molecule has 34 heavy (non-hydrogen) atoms. The van der Waals surface area contributed by atoms with Crippen LogP contribution >= 0.6 is 11.6 Å². The predicted molar refractivity (Wildman–Crippen MR) is 119 cm³/mol. The second-order valence-corrected chi connectivity index (χ2v) is 10.8. The molecule has 0 atom stereocenters. The molecule has 0 aliphatic heterocycles. The highest BCUT2D eigenvalue weighted by Crippen LogP contribution is 2.34. The highest BCUT2D eigenvalue weighted by molar-refractivity contribution is 7.89. The maximum absolute atomic E-state index is 13.1. The Bertz CT molecular complexity index is 1360. The average molecular weight is 519 g/mol. The topological polar surface area (TPSA) is 136 Å². The lowest BCUT2D eigenvalue weighted by Crippen LogP contribution is -2.42.